The predicted octanol–water partition coefficient (Wildman–Crippen LogP) is 2.96. The molecule has 1 N–H and O–H groups in total. The summed E-state index contributed by atoms with van der Waals surface area (Å²) >= 11 is 0. The molecule has 0 spiro atoms. The molecule has 0 radical (unpaired) electrons. The molecule has 0 atom stereocenters. The molecule has 0 aliphatic heterocycles. The Morgan fingerprint density at radius 2 is 2.10 bits per heavy atom. The second-order valence-electron chi connectivity index (χ2n) is 5.12. The van der Waals surface area contributed by atoms with Gasteiger partial charge in [0.15, 0.2) is 0 Å². The molecule has 0 unspecified atom stereocenters. The summed E-state index contributed by atoms with van der Waals surface area (Å²) in [4.78, 5) is 12.3. The van der Waals surface area contributed by atoms with Crippen molar-refractivity contribution in [1.29, 1.82) is 0 Å². The number of fused-ring (bicyclic) bond motifs is 1. The summed E-state index contributed by atoms with van der Waals surface area (Å²) in [5, 5.41) is 8.23. The zero-order valence-electron chi connectivity index (χ0n) is 12.4. The minimum Gasteiger partial charge on any atom is -0.348 e. The molecule has 5 heteroatoms. The van der Waals surface area contributed by atoms with Gasteiger partial charge in [-0.25, -0.2) is 0 Å². The van der Waals surface area contributed by atoms with E-state index in [9.17, 15) is 4.79 Å². The molecule has 21 heavy (non-hydrogen) atoms. The van der Waals surface area contributed by atoms with Gasteiger partial charge in [-0.05, 0) is 44.2 Å². The molecule has 2 aromatic heterocycles. The Balaban J connectivity index is 1.88. The highest BCUT2D eigenvalue weighted by atomic mass is 16.2. The first kappa shape index (κ1) is 13.4. The number of rotatable bonds is 3. The number of hydrogen-bond acceptors (Lipinski definition) is 2. The van der Waals surface area contributed by atoms with Gasteiger partial charge in [0.05, 0.1) is 5.69 Å². The van der Waals surface area contributed by atoms with Crippen molar-refractivity contribution in [2.24, 2.45) is 7.05 Å². The molecule has 0 bridgehead atoms. The van der Waals surface area contributed by atoms with E-state index in [1.807, 2.05) is 25.1 Å². The first-order valence-electron chi connectivity index (χ1n) is 6.99. The van der Waals surface area contributed by atoms with Crippen LogP contribution in [0, 0.1) is 6.92 Å². The third-order valence-corrected chi connectivity index (χ3v) is 3.60. The van der Waals surface area contributed by atoms with Crippen LogP contribution in [0.3, 0.4) is 0 Å². The number of aromatic nitrogens is 3. The van der Waals surface area contributed by atoms with E-state index in [0.29, 0.717) is 5.69 Å². The SMILES string of the molecule is CCn1ccc2cc(NC(=O)c3cc(C)nn3C)ccc21. The second-order valence-corrected chi connectivity index (χ2v) is 5.12. The van der Waals surface area contributed by atoms with E-state index in [2.05, 4.69) is 34.2 Å². The van der Waals surface area contributed by atoms with Crippen LogP contribution >= 0.6 is 0 Å². The minimum absolute atomic E-state index is 0.146. The first-order chi connectivity index (χ1) is 10.1. The van der Waals surface area contributed by atoms with Crippen LogP contribution in [0.15, 0.2) is 36.5 Å². The maximum absolute atomic E-state index is 12.3. The highest BCUT2D eigenvalue weighted by molar-refractivity contribution is 6.04. The molecule has 2 heterocycles. The Morgan fingerprint density at radius 1 is 1.29 bits per heavy atom. The quantitative estimate of drug-likeness (QED) is 0.803. The van der Waals surface area contributed by atoms with Gasteiger partial charge in [-0.2, -0.15) is 5.10 Å². The Labute approximate surface area is 123 Å². The molecular weight excluding hydrogens is 264 g/mol. The maximum atomic E-state index is 12.3. The molecule has 0 aliphatic rings. The van der Waals surface area contributed by atoms with Gasteiger partial charge in [-0.3, -0.25) is 9.48 Å². The van der Waals surface area contributed by atoms with E-state index in [0.717, 1.165) is 23.3 Å². The number of nitrogens with one attached hydrogen (secondary N) is 1. The van der Waals surface area contributed by atoms with Crippen LogP contribution in [-0.4, -0.2) is 20.3 Å². The standard InChI is InChI=1S/C16H18N4O/c1-4-20-8-7-12-10-13(5-6-14(12)20)17-16(21)15-9-11(2)18-19(15)3/h5-10H,4H2,1-3H3,(H,17,21). The number of amides is 1. The number of aryl methyl sites for hydroxylation is 3. The van der Waals surface area contributed by atoms with Crippen molar-refractivity contribution in [3.8, 4) is 0 Å². The Bertz CT molecular complexity index is 813. The largest absolute Gasteiger partial charge is 0.348 e. The fourth-order valence-corrected chi connectivity index (χ4v) is 2.57. The average Bonchev–Trinajstić information content (AvgIpc) is 3.01. The Kier molecular flexibility index (Phi) is 3.25. The van der Waals surface area contributed by atoms with E-state index in [1.165, 1.54) is 5.52 Å². The Morgan fingerprint density at radius 3 is 2.76 bits per heavy atom. The number of hydrogen-bond donors (Lipinski definition) is 1. The van der Waals surface area contributed by atoms with Gasteiger partial charge in [0.2, 0.25) is 0 Å². The molecule has 3 aromatic rings. The molecular formula is C16H18N4O. The van der Waals surface area contributed by atoms with Crippen molar-refractivity contribution in [3.05, 3.63) is 47.9 Å². The molecule has 0 fully saturated rings. The molecule has 1 aromatic carbocycles. The van der Waals surface area contributed by atoms with E-state index >= 15 is 0 Å². The Hall–Kier alpha value is -2.56. The summed E-state index contributed by atoms with van der Waals surface area (Å²) in [6.07, 6.45) is 2.06. The van der Waals surface area contributed by atoms with Crippen LogP contribution in [0.1, 0.15) is 23.1 Å². The summed E-state index contributed by atoms with van der Waals surface area (Å²) in [6, 6.07) is 9.78. The van der Waals surface area contributed by atoms with Crippen LogP contribution < -0.4 is 5.32 Å². The molecule has 108 valence electrons. The lowest BCUT2D eigenvalue weighted by molar-refractivity contribution is 0.101. The smallest absolute Gasteiger partial charge is 0.273 e. The summed E-state index contributed by atoms with van der Waals surface area (Å²) in [6.45, 7) is 4.92. The van der Waals surface area contributed by atoms with Crippen LogP contribution in [0.5, 0.6) is 0 Å². The van der Waals surface area contributed by atoms with E-state index in [-0.39, 0.29) is 5.91 Å². The predicted molar refractivity (Wildman–Crippen MR) is 83.5 cm³/mol. The second kappa shape index (κ2) is 5.09. The molecule has 0 saturated heterocycles. The van der Waals surface area contributed by atoms with Gasteiger partial charge in [-0.15, -0.1) is 0 Å². The molecule has 1 amide bonds. The molecule has 0 saturated carbocycles. The molecule has 5 nitrogen and oxygen atoms in total. The maximum Gasteiger partial charge on any atom is 0.273 e. The van der Waals surface area contributed by atoms with Gasteiger partial charge < -0.3 is 9.88 Å². The van der Waals surface area contributed by atoms with Crippen molar-refractivity contribution >= 4 is 22.5 Å². The fourth-order valence-electron chi connectivity index (χ4n) is 2.57. The zero-order valence-corrected chi connectivity index (χ0v) is 12.4. The summed E-state index contributed by atoms with van der Waals surface area (Å²) in [5.41, 5.74) is 3.35. The van der Waals surface area contributed by atoms with Crippen LogP contribution in [-0.2, 0) is 13.6 Å². The number of carbonyl (C=O) groups excluding carboxylic acids is 1. The lowest BCUT2D eigenvalue weighted by Gasteiger charge is -2.06. The van der Waals surface area contributed by atoms with Gasteiger partial charge in [-0.1, -0.05) is 0 Å². The monoisotopic (exact) mass is 282 g/mol. The van der Waals surface area contributed by atoms with Crippen molar-refractivity contribution in [3.63, 3.8) is 0 Å². The normalized spacial score (nSPS) is 11.0. The number of carbonyl (C=O) groups is 1. The number of benzene rings is 1. The first-order valence-corrected chi connectivity index (χ1v) is 6.99. The van der Waals surface area contributed by atoms with Crippen LogP contribution in [0.2, 0.25) is 0 Å². The van der Waals surface area contributed by atoms with Gasteiger partial charge in [0.25, 0.3) is 5.91 Å². The third-order valence-electron chi connectivity index (χ3n) is 3.60. The lowest BCUT2D eigenvalue weighted by atomic mass is 10.2. The molecule has 3 rings (SSSR count). The van der Waals surface area contributed by atoms with E-state index in [4.69, 9.17) is 0 Å². The van der Waals surface area contributed by atoms with Crippen molar-refractivity contribution in [2.75, 3.05) is 5.32 Å². The summed E-state index contributed by atoms with van der Waals surface area (Å²) in [7, 11) is 1.77. The highest BCUT2D eigenvalue weighted by Crippen LogP contribution is 2.21. The van der Waals surface area contributed by atoms with Crippen molar-refractivity contribution in [1.82, 2.24) is 14.3 Å². The van der Waals surface area contributed by atoms with Gasteiger partial charge in [0.1, 0.15) is 5.69 Å². The van der Waals surface area contributed by atoms with Crippen molar-refractivity contribution in [2.45, 2.75) is 20.4 Å². The van der Waals surface area contributed by atoms with Crippen LogP contribution in [0.25, 0.3) is 10.9 Å². The topological polar surface area (TPSA) is 51.9 Å². The summed E-state index contributed by atoms with van der Waals surface area (Å²) < 4.78 is 3.77. The fraction of sp³-hybridized carbons (Fsp3) is 0.250. The van der Waals surface area contributed by atoms with Crippen LogP contribution in [0.4, 0.5) is 5.69 Å². The number of anilines is 1. The average molecular weight is 282 g/mol. The van der Waals surface area contributed by atoms with Gasteiger partial charge in [0, 0.05) is 36.4 Å². The van der Waals surface area contributed by atoms with Crippen molar-refractivity contribution < 1.29 is 4.79 Å². The third kappa shape index (κ3) is 2.42. The van der Waals surface area contributed by atoms with E-state index < -0.39 is 0 Å². The molecule has 0 aliphatic carbocycles. The van der Waals surface area contributed by atoms with Gasteiger partial charge >= 0.3 is 0 Å². The van der Waals surface area contributed by atoms with E-state index in [1.54, 1.807) is 17.8 Å². The number of nitrogens with zero attached hydrogens (tertiary/aromatic N) is 3. The zero-order chi connectivity index (χ0) is 15.0. The summed E-state index contributed by atoms with van der Waals surface area (Å²) in [5.74, 6) is -0.146. The lowest BCUT2D eigenvalue weighted by Crippen LogP contribution is -2.15. The highest BCUT2D eigenvalue weighted by Gasteiger charge is 2.12. The minimum atomic E-state index is -0.146.